The molecule has 1 aliphatic heterocycles. The molecule has 2 saturated carbocycles. The summed E-state index contributed by atoms with van der Waals surface area (Å²) in [5.74, 6) is -1.92. The van der Waals surface area contributed by atoms with Crippen molar-refractivity contribution in [3.05, 3.63) is 34.9 Å². The Morgan fingerprint density at radius 1 is 0.884 bits per heavy atom. The molecule has 1 unspecified atom stereocenters. The average molecular weight is 628 g/mol. The third kappa shape index (κ3) is 9.23. The van der Waals surface area contributed by atoms with Crippen LogP contribution >= 0.6 is 11.6 Å². The highest BCUT2D eigenvalue weighted by molar-refractivity contribution is 6.30. The number of urea groups is 1. The number of hydrogen-bond donors (Lipinski definition) is 2. The lowest BCUT2D eigenvalue weighted by Crippen LogP contribution is -2.58. The van der Waals surface area contributed by atoms with Crippen molar-refractivity contribution in [2.45, 2.75) is 113 Å². The summed E-state index contributed by atoms with van der Waals surface area (Å²) in [5.41, 5.74) is 0.955. The molecule has 43 heavy (non-hydrogen) atoms. The summed E-state index contributed by atoms with van der Waals surface area (Å²) < 4.78 is 38.1. The number of carbonyl (C=O) groups is 3. The van der Waals surface area contributed by atoms with Gasteiger partial charge < -0.3 is 25.3 Å². The molecule has 1 aromatic rings. The fraction of sp³-hybridized carbons (Fsp3) is 0.710. The first-order valence-corrected chi connectivity index (χ1v) is 16.0. The minimum absolute atomic E-state index is 0.0101. The van der Waals surface area contributed by atoms with Crippen LogP contribution < -0.4 is 10.6 Å². The van der Waals surface area contributed by atoms with Gasteiger partial charge >= 0.3 is 18.1 Å². The van der Waals surface area contributed by atoms with E-state index >= 15 is 0 Å². The van der Waals surface area contributed by atoms with Crippen molar-refractivity contribution in [3.8, 4) is 0 Å². The summed E-state index contributed by atoms with van der Waals surface area (Å²) >= 11 is 6.08. The van der Waals surface area contributed by atoms with Gasteiger partial charge in [-0.25, -0.2) is 4.79 Å². The fourth-order valence-electron chi connectivity index (χ4n) is 6.82. The van der Waals surface area contributed by atoms with Gasteiger partial charge in [0.15, 0.2) is 0 Å². The van der Waals surface area contributed by atoms with E-state index in [1.54, 1.807) is 31.1 Å². The van der Waals surface area contributed by atoms with Gasteiger partial charge in [-0.3, -0.25) is 9.59 Å². The first kappa shape index (κ1) is 33.4. The molecule has 0 radical (unpaired) electrons. The zero-order valence-electron chi connectivity index (χ0n) is 25.2. The lowest BCUT2D eigenvalue weighted by Gasteiger charge is -2.45. The Bertz CT molecular complexity index is 1080. The van der Waals surface area contributed by atoms with E-state index in [0.29, 0.717) is 50.2 Å². The lowest BCUT2D eigenvalue weighted by atomic mass is 9.89. The number of piperidine rings is 1. The minimum Gasteiger partial charge on any atom is -0.346 e. The number of benzene rings is 1. The molecule has 8 nitrogen and oxygen atoms in total. The van der Waals surface area contributed by atoms with Gasteiger partial charge in [-0.15, -0.1) is 0 Å². The third-order valence-electron chi connectivity index (χ3n) is 9.15. The quantitative estimate of drug-likeness (QED) is 0.418. The third-order valence-corrected chi connectivity index (χ3v) is 9.40. The SMILES string of the molecule is CN(C)C(=O)N(C1CCCCC1)C1CCN(C(=O)C(Cc2ccc(Cl)cc2)NC2CCC(NC(=O)C(F)(F)F)CC2)CC1. The molecule has 3 fully saturated rings. The Labute approximate surface area is 257 Å². The van der Waals surface area contributed by atoms with Crippen LogP contribution in [0.3, 0.4) is 0 Å². The van der Waals surface area contributed by atoms with Gasteiger partial charge in [0.25, 0.3) is 0 Å². The number of nitrogens with one attached hydrogen (secondary N) is 2. The molecule has 4 rings (SSSR count). The number of amides is 4. The van der Waals surface area contributed by atoms with E-state index < -0.39 is 24.2 Å². The maximum Gasteiger partial charge on any atom is 0.471 e. The molecule has 2 aliphatic carbocycles. The molecule has 1 atom stereocenters. The van der Waals surface area contributed by atoms with Crippen LogP contribution in [-0.4, -0.2) is 96.1 Å². The first-order chi connectivity index (χ1) is 20.4. The molecule has 1 saturated heterocycles. The van der Waals surface area contributed by atoms with Crippen LogP contribution in [0.5, 0.6) is 0 Å². The molecule has 3 aliphatic rings. The highest BCUT2D eigenvalue weighted by Crippen LogP contribution is 2.29. The van der Waals surface area contributed by atoms with E-state index in [1.165, 1.54) is 6.42 Å². The Hall–Kier alpha value is -2.53. The Morgan fingerprint density at radius 3 is 2.00 bits per heavy atom. The number of alkyl halides is 3. The van der Waals surface area contributed by atoms with Crippen molar-refractivity contribution in [1.29, 1.82) is 0 Å². The van der Waals surface area contributed by atoms with Crippen molar-refractivity contribution in [1.82, 2.24) is 25.3 Å². The normalized spacial score (nSPS) is 23.0. The zero-order valence-corrected chi connectivity index (χ0v) is 25.9. The van der Waals surface area contributed by atoms with Gasteiger partial charge in [0.1, 0.15) is 0 Å². The summed E-state index contributed by atoms with van der Waals surface area (Å²) in [5, 5.41) is 6.21. The number of halogens is 4. The van der Waals surface area contributed by atoms with Crippen LogP contribution in [0.25, 0.3) is 0 Å². The van der Waals surface area contributed by atoms with E-state index in [-0.39, 0.29) is 30.1 Å². The van der Waals surface area contributed by atoms with Crippen LogP contribution in [-0.2, 0) is 16.0 Å². The van der Waals surface area contributed by atoms with Gasteiger partial charge in [-0.05, 0) is 75.5 Å². The van der Waals surface area contributed by atoms with E-state index in [0.717, 1.165) is 44.1 Å². The van der Waals surface area contributed by atoms with E-state index in [4.69, 9.17) is 11.6 Å². The topological polar surface area (TPSA) is 85.0 Å². The number of rotatable bonds is 8. The number of nitrogens with zero attached hydrogens (tertiary/aromatic N) is 3. The largest absolute Gasteiger partial charge is 0.471 e. The van der Waals surface area contributed by atoms with E-state index in [9.17, 15) is 27.6 Å². The highest BCUT2D eigenvalue weighted by atomic mass is 35.5. The average Bonchev–Trinajstić information content (AvgIpc) is 2.99. The molecule has 0 aromatic heterocycles. The van der Waals surface area contributed by atoms with Crippen LogP contribution in [0.2, 0.25) is 5.02 Å². The van der Waals surface area contributed by atoms with Crippen molar-refractivity contribution < 1.29 is 27.6 Å². The minimum atomic E-state index is -4.90. The van der Waals surface area contributed by atoms with Gasteiger partial charge in [-0.2, -0.15) is 13.2 Å². The maximum atomic E-state index is 14.0. The Kier molecular flexibility index (Phi) is 11.6. The van der Waals surface area contributed by atoms with Gasteiger partial charge in [0.2, 0.25) is 5.91 Å². The molecule has 0 spiro atoms. The Balaban J connectivity index is 1.39. The van der Waals surface area contributed by atoms with E-state index in [2.05, 4.69) is 15.5 Å². The molecule has 4 amide bonds. The van der Waals surface area contributed by atoms with Gasteiger partial charge in [-0.1, -0.05) is 43.0 Å². The molecule has 240 valence electrons. The first-order valence-electron chi connectivity index (χ1n) is 15.6. The highest BCUT2D eigenvalue weighted by Gasteiger charge is 2.41. The molecule has 12 heteroatoms. The summed E-state index contributed by atoms with van der Waals surface area (Å²) in [6.45, 7) is 1.12. The standard InChI is InChI=1S/C31H45ClF3N5O3/c1-38(2)30(43)40(25-6-4-3-5-7-25)26-16-18-39(19-17-26)28(41)27(20-21-8-10-22(32)11-9-21)36-23-12-14-24(15-13-23)37-29(42)31(33,34)35/h8-11,23-27,36H,3-7,12-20H2,1-2H3,(H,37,42). The van der Waals surface area contributed by atoms with Crippen molar-refractivity contribution in [3.63, 3.8) is 0 Å². The number of carbonyl (C=O) groups excluding carboxylic acids is 3. The Morgan fingerprint density at radius 2 is 1.44 bits per heavy atom. The molecule has 1 aromatic carbocycles. The monoisotopic (exact) mass is 627 g/mol. The summed E-state index contributed by atoms with van der Waals surface area (Å²) in [4.78, 5) is 44.2. The second-order valence-corrected chi connectivity index (χ2v) is 12.9. The van der Waals surface area contributed by atoms with E-state index in [1.807, 2.05) is 17.0 Å². The smallest absolute Gasteiger partial charge is 0.346 e. The van der Waals surface area contributed by atoms with Crippen LogP contribution in [0, 0.1) is 0 Å². The number of hydrogen-bond acceptors (Lipinski definition) is 4. The second-order valence-electron chi connectivity index (χ2n) is 12.5. The lowest BCUT2D eigenvalue weighted by molar-refractivity contribution is -0.174. The molecular weight excluding hydrogens is 583 g/mol. The fourth-order valence-corrected chi connectivity index (χ4v) is 6.94. The predicted octanol–water partition coefficient (Wildman–Crippen LogP) is 5.14. The summed E-state index contributed by atoms with van der Waals surface area (Å²) in [6, 6.07) is 6.65. The molecule has 2 N–H and O–H groups in total. The van der Waals surface area contributed by atoms with Crippen molar-refractivity contribution in [2.75, 3.05) is 27.2 Å². The van der Waals surface area contributed by atoms with Gasteiger partial charge in [0.05, 0.1) is 6.04 Å². The maximum absolute atomic E-state index is 14.0. The second kappa shape index (κ2) is 15.0. The number of likely N-dealkylation sites (tertiary alicyclic amines) is 1. The molecular formula is C31H45ClF3N5O3. The molecule has 1 heterocycles. The van der Waals surface area contributed by atoms with Crippen LogP contribution in [0.15, 0.2) is 24.3 Å². The van der Waals surface area contributed by atoms with Crippen LogP contribution in [0.4, 0.5) is 18.0 Å². The summed E-state index contributed by atoms with van der Waals surface area (Å²) in [6.07, 6.45) is 4.44. The van der Waals surface area contributed by atoms with Crippen molar-refractivity contribution in [2.24, 2.45) is 0 Å². The summed E-state index contributed by atoms with van der Waals surface area (Å²) in [7, 11) is 3.59. The van der Waals surface area contributed by atoms with Gasteiger partial charge in [0, 0.05) is 56.4 Å². The molecule has 0 bridgehead atoms. The predicted molar refractivity (Wildman–Crippen MR) is 160 cm³/mol. The van der Waals surface area contributed by atoms with Crippen molar-refractivity contribution >= 4 is 29.4 Å². The zero-order chi connectivity index (χ0) is 31.1. The van der Waals surface area contributed by atoms with Crippen LogP contribution in [0.1, 0.15) is 76.2 Å².